The van der Waals surface area contributed by atoms with Crippen LogP contribution < -0.4 is 4.90 Å². The van der Waals surface area contributed by atoms with Gasteiger partial charge in [0.2, 0.25) is 0 Å². The maximum absolute atomic E-state index is 2.41. The number of fused-ring (bicyclic) bond motifs is 5. The second kappa shape index (κ2) is 14.1. The van der Waals surface area contributed by atoms with Crippen LogP contribution in [0.15, 0.2) is 231 Å². The molecule has 0 aliphatic carbocycles. The molecule has 0 amide bonds. The van der Waals surface area contributed by atoms with E-state index in [0.29, 0.717) is 0 Å². The molecule has 10 aromatic carbocycles. The minimum Gasteiger partial charge on any atom is -0.310 e. The highest BCUT2D eigenvalue weighted by atomic mass is 15.1. The maximum Gasteiger partial charge on any atom is 0.0541 e. The average molecular weight is 739 g/mol. The molecule has 0 aliphatic rings. The van der Waals surface area contributed by atoms with Crippen molar-refractivity contribution >= 4 is 60.4 Å². The predicted molar refractivity (Wildman–Crippen MR) is 247 cm³/mol. The van der Waals surface area contributed by atoms with Crippen LogP contribution in [0.4, 0.5) is 17.1 Å². The van der Waals surface area contributed by atoms with Crippen molar-refractivity contribution < 1.29 is 0 Å². The van der Waals surface area contributed by atoms with E-state index in [2.05, 4.69) is 240 Å². The van der Waals surface area contributed by atoms with Gasteiger partial charge in [-0.3, -0.25) is 0 Å². The molecular formula is C56H38N2. The lowest BCUT2D eigenvalue weighted by Gasteiger charge is -2.27. The first-order chi connectivity index (χ1) is 28.8. The zero-order valence-electron chi connectivity index (χ0n) is 31.8. The van der Waals surface area contributed by atoms with E-state index in [9.17, 15) is 0 Å². The van der Waals surface area contributed by atoms with Crippen LogP contribution in [0, 0.1) is 0 Å². The summed E-state index contributed by atoms with van der Waals surface area (Å²) in [4.78, 5) is 2.40. The summed E-state index contributed by atoms with van der Waals surface area (Å²) in [6, 6.07) is 83.6. The summed E-state index contributed by atoms with van der Waals surface area (Å²) in [5, 5.41) is 7.45. The summed E-state index contributed by atoms with van der Waals surface area (Å²) in [6.07, 6.45) is 0. The molecule has 0 atom stereocenters. The summed E-state index contributed by atoms with van der Waals surface area (Å²) in [5.74, 6) is 0. The largest absolute Gasteiger partial charge is 0.310 e. The topological polar surface area (TPSA) is 8.17 Å². The van der Waals surface area contributed by atoms with E-state index >= 15 is 0 Å². The fourth-order valence-corrected chi connectivity index (χ4v) is 8.86. The van der Waals surface area contributed by atoms with Gasteiger partial charge in [0.1, 0.15) is 0 Å². The molecule has 0 fully saturated rings. The van der Waals surface area contributed by atoms with Gasteiger partial charge in [0, 0.05) is 33.1 Å². The number of hydrogen-bond acceptors (Lipinski definition) is 1. The van der Waals surface area contributed by atoms with Gasteiger partial charge in [0.05, 0.1) is 22.4 Å². The summed E-state index contributed by atoms with van der Waals surface area (Å²) < 4.78 is 2.41. The Morgan fingerprint density at radius 2 is 0.793 bits per heavy atom. The van der Waals surface area contributed by atoms with Crippen molar-refractivity contribution in [2.45, 2.75) is 0 Å². The van der Waals surface area contributed by atoms with E-state index in [1.165, 1.54) is 82.4 Å². The van der Waals surface area contributed by atoms with E-state index in [4.69, 9.17) is 0 Å². The second-order valence-corrected chi connectivity index (χ2v) is 14.9. The molecule has 0 radical (unpaired) electrons. The van der Waals surface area contributed by atoms with Crippen molar-refractivity contribution in [1.29, 1.82) is 0 Å². The lowest BCUT2D eigenvalue weighted by Crippen LogP contribution is -2.10. The second-order valence-electron chi connectivity index (χ2n) is 14.9. The molecule has 0 unspecified atom stereocenters. The minimum absolute atomic E-state index is 1.10. The zero-order valence-corrected chi connectivity index (χ0v) is 31.8. The third kappa shape index (κ3) is 5.74. The standard InChI is InChI=1S/C56H38N2/c1-3-20-47-41(14-1)16-12-25-48(47)44-18-11-19-46(38-44)57(53-29-13-17-42-15-2-4-21-49(42)53)45-36-34-40(35-37-45)39-30-32-43(33-31-39)50-22-5-8-26-54(50)58-55-27-9-6-23-51(55)52-24-7-10-28-56(52)58/h1-38H. The van der Waals surface area contributed by atoms with Crippen molar-refractivity contribution in [3.05, 3.63) is 231 Å². The highest BCUT2D eigenvalue weighted by Gasteiger charge is 2.18. The molecule has 2 nitrogen and oxygen atoms in total. The zero-order chi connectivity index (χ0) is 38.4. The van der Waals surface area contributed by atoms with Crippen LogP contribution in [0.3, 0.4) is 0 Å². The number of aromatic nitrogens is 1. The summed E-state index contributed by atoms with van der Waals surface area (Å²) in [5.41, 5.74) is 14.1. The van der Waals surface area contributed by atoms with Crippen molar-refractivity contribution in [1.82, 2.24) is 4.57 Å². The van der Waals surface area contributed by atoms with Gasteiger partial charge in [0.15, 0.2) is 0 Å². The first-order valence-electron chi connectivity index (χ1n) is 19.9. The quantitative estimate of drug-likeness (QED) is 0.158. The third-order valence-electron chi connectivity index (χ3n) is 11.6. The third-order valence-corrected chi connectivity index (χ3v) is 11.6. The molecule has 2 heteroatoms. The molecule has 11 aromatic rings. The Kier molecular flexibility index (Phi) is 8.19. The lowest BCUT2D eigenvalue weighted by atomic mass is 9.97. The fraction of sp³-hybridized carbons (Fsp3) is 0. The fourth-order valence-electron chi connectivity index (χ4n) is 8.86. The number of benzene rings is 10. The van der Waals surface area contributed by atoms with Gasteiger partial charge in [-0.2, -0.15) is 0 Å². The SMILES string of the molecule is c1cc(-c2cccc3ccccc23)cc(N(c2ccc(-c3ccc(-c4ccccc4-n4c5ccccc5c5ccccc54)cc3)cc2)c2cccc3ccccc23)c1. The van der Waals surface area contributed by atoms with Gasteiger partial charge in [-0.1, -0.05) is 182 Å². The van der Waals surface area contributed by atoms with Gasteiger partial charge in [-0.05, 0) is 92.5 Å². The molecule has 0 N–H and O–H groups in total. The molecule has 0 spiro atoms. The Morgan fingerprint density at radius 1 is 0.293 bits per heavy atom. The van der Waals surface area contributed by atoms with Gasteiger partial charge >= 0.3 is 0 Å². The van der Waals surface area contributed by atoms with Gasteiger partial charge < -0.3 is 9.47 Å². The van der Waals surface area contributed by atoms with Crippen molar-refractivity contribution in [2.24, 2.45) is 0 Å². The molecule has 1 aromatic heterocycles. The van der Waals surface area contributed by atoms with Gasteiger partial charge in [-0.15, -0.1) is 0 Å². The van der Waals surface area contributed by atoms with E-state index < -0.39 is 0 Å². The molecule has 1 heterocycles. The number of para-hydroxylation sites is 3. The van der Waals surface area contributed by atoms with Gasteiger partial charge in [-0.25, -0.2) is 0 Å². The predicted octanol–water partition coefficient (Wildman–Crippen LogP) is 15.6. The molecule has 0 bridgehead atoms. The highest BCUT2D eigenvalue weighted by Crippen LogP contribution is 2.42. The maximum atomic E-state index is 2.41. The Bertz CT molecular complexity index is 3220. The summed E-state index contributed by atoms with van der Waals surface area (Å²) >= 11 is 0. The Morgan fingerprint density at radius 3 is 1.52 bits per heavy atom. The molecular weight excluding hydrogens is 701 g/mol. The number of nitrogens with zero attached hydrogens (tertiary/aromatic N) is 2. The molecule has 0 saturated heterocycles. The minimum atomic E-state index is 1.10. The first-order valence-corrected chi connectivity index (χ1v) is 19.9. The summed E-state index contributed by atoms with van der Waals surface area (Å²) in [7, 11) is 0. The van der Waals surface area contributed by atoms with E-state index in [-0.39, 0.29) is 0 Å². The summed E-state index contributed by atoms with van der Waals surface area (Å²) in [6.45, 7) is 0. The normalized spacial score (nSPS) is 11.4. The monoisotopic (exact) mass is 738 g/mol. The number of rotatable bonds is 7. The Labute approximate surface area is 338 Å². The first kappa shape index (κ1) is 33.6. The Hall–Kier alpha value is -7.68. The molecule has 0 saturated carbocycles. The molecule has 272 valence electrons. The number of hydrogen-bond donors (Lipinski definition) is 0. The average Bonchev–Trinajstić information content (AvgIpc) is 3.64. The highest BCUT2D eigenvalue weighted by molar-refractivity contribution is 6.10. The van der Waals surface area contributed by atoms with Crippen LogP contribution in [0.1, 0.15) is 0 Å². The smallest absolute Gasteiger partial charge is 0.0541 e. The van der Waals surface area contributed by atoms with Crippen molar-refractivity contribution in [3.8, 4) is 39.1 Å². The van der Waals surface area contributed by atoms with E-state index in [1.54, 1.807) is 0 Å². The van der Waals surface area contributed by atoms with E-state index in [1.807, 2.05) is 0 Å². The molecule has 58 heavy (non-hydrogen) atoms. The van der Waals surface area contributed by atoms with Crippen molar-refractivity contribution in [2.75, 3.05) is 4.90 Å². The molecule has 11 rings (SSSR count). The van der Waals surface area contributed by atoms with Crippen molar-refractivity contribution in [3.63, 3.8) is 0 Å². The van der Waals surface area contributed by atoms with Gasteiger partial charge in [0.25, 0.3) is 0 Å². The van der Waals surface area contributed by atoms with E-state index in [0.717, 1.165) is 17.1 Å². The van der Waals surface area contributed by atoms with Crippen LogP contribution in [0.2, 0.25) is 0 Å². The lowest BCUT2D eigenvalue weighted by molar-refractivity contribution is 1.18. The van der Waals surface area contributed by atoms with Crippen LogP contribution in [-0.4, -0.2) is 4.57 Å². The molecule has 0 aliphatic heterocycles. The number of anilines is 3. The van der Waals surface area contributed by atoms with Crippen LogP contribution in [0.5, 0.6) is 0 Å². The Balaban J connectivity index is 0.971. The van der Waals surface area contributed by atoms with Crippen LogP contribution >= 0.6 is 0 Å². The van der Waals surface area contributed by atoms with Crippen LogP contribution in [-0.2, 0) is 0 Å². The van der Waals surface area contributed by atoms with Crippen LogP contribution in [0.25, 0.3) is 82.4 Å².